The molecule has 1 saturated heterocycles. The summed E-state index contributed by atoms with van der Waals surface area (Å²) in [6.45, 7) is 8.21. The van der Waals surface area contributed by atoms with Crippen LogP contribution in [0.15, 0.2) is 0 Å². The Labute approximate surface area is 80.3 Å². The van der Waals surface area contributed by atoms with Gasteiger partial charge in [-0.3, -0.25) is 0 Å². The van der Waals surface area contributed by atoms with E-state index in [0.29, 0.717) is 5.92 Å². The summed E-state index contributed by atoms with van der Waals surface area (Å²) in [6, 6.07) is 0. The maximum Gasteiger partial charge on any atom is 0.134 e. The van der Waals surface area contributed by atoms with Crippen LogP contribution >= 0.6 is 0 Å². The van der Waals surface area contributed by atoms with E-state index in [1.54, 1.807) is 0 Å². The molecule has 3 heteroatoms. The van der Waals surface area contributed by atoms with Gasteiger partial charge in [0.25, 0.3) is 0 Å². The van der Waals surface area contributed by atoms with Gasteiger partial charge in [0.2, 0.25) is 0 Å². The highest BCUT2D eigenvalue weighted by atomic mass is 16.5. The first-order valence-electron chi connectivity index (χ1n) is 5.03. The number of aliphatic hydroxyl groups is 1. The lowest BCUT2D eigenvalue weighted by Gasteiger charge is -2.42. The number of rotatable bonds is 1. The minimum Gasteiger partial charge on any atom is -0.384 e. The predicted octanol–water partition coefficient (Wildman–Crippen LogP) is 0.181. The van der Waals surface area contributed by atoms with E-state index in [1.165, 1.54) is 0 Å². The largest absolute Gasteiger partial charge is 0.384 e. The fraction of sp³-hybridized carbons (Fsp3) is 1.00. The van der Waals surface area contributed by atoms with Gasteiger partial charge in [-0.2, -0.15) is 0 Å². The Balaban J connectivity index is 2.70. The summed E-state index contributed by atoms with van der Waals surface area (Å²) in [6.07, 6.45) is 0.544. The van der Waals surface area contributed by atoms with Crippen molar-refractivity contribution in [2.24, 2.45) is 5.92 Å². The first-order valence-corrected chi connectivity index (χ1v) is 5.03. The lowest BCUT2D eigenvalue weighted by molar-refractivity contribution is -0.510. The summed E-state index contributed by atoms with van der Waals surface area (Å²) in [4.78, 5) is 0. The molecule has 0 aromatic carbocycles. The van der Waals surface area contributed by atoms with E-state index in [0.717, 1.165) is 6.42 Å². The smallest absolute Gasteiger partial charge is 0.134 e. The van der Waals surface area contributed by atoms with E-state index < -0.39 is 6.10 Å². The van der Waals surface area contributed by atoms with Crippen LogP contribution in [0.1, 0.15) is 34.1 Å². The number of ether oxygens (including phenoxy) is 1. The fourth-order valence-corrected chi connectivity index (χ4v) is 1.94. The van der Waals surface area contributed by atoms with Crippen LogP contribution in [0.5, 0.6) is 0 Å². The van der Waals surface area contributed by atoms with Gasteiger partial charge in [0, 0.05) is 6.42 Å². The number of quaternary nitrogens is 1. The standard InChI is InChI=1S/C10H21NO2/c1-6(2)8-5-10(4,11)9(12)7(3)13-8/h6-9,12H,5,11H2,1-4H3/p+1. The second kappa shape index (κ2) is 3.56. The summed E-state index contributed by atoms with van der Waals surface area (Å²) >= 11 is 0. The molecule has 4 atom stereocenters. The van der Waals surface area contributed by atoms with Crippen molar-refractivity contribution in [3.05, 3.63) is 0 Å². The molecule has 4 unspecified atom stereocenters. The van der Waals surface area contributed by atoms with Crippen LogP contribution in [0.3, 0.4) is 0 Å². The third kappa shape index (κ3) is 2.22. The molecule has 4 N–H and O–H groups in total. The Kier molecular flexibility index (Phi) is 3.00. The maximum absolute atomic E-state index is 9.82. The zero-order valence-electron chi connectivity index (χ0n) is 9.08. The summed E-state index contributed by atoms with van der Waals surface area (Å²) in [5.41, 5.74) is 3.81. The van der Waals surface area contributed by atoms with E-state index in [1.807, 2.05) is 13.8 Å². The van der Waals surface area contributed by atoms with Crippen LogP contribution in [-0.2, 0) is 4.74 Å². The van der Waals surface area contributed by atoms with Gasteiger partial charge in [-0.15, -0.1) is 0 Å². The monoisotopic (exact) mass is 188 g/mol. The minimum absolute atomic E-state index is 0.0938. The molecule has 0 aromatic rings. The van der Waals surface area contributed by atoms with Gasteiger partial charge in [0.05, 0.1) is 12.2 Å². The molecule has 0 aromatic heterocycles. The van der Waals surface area contributed by atoms with Crippen molar-refractivity contribution in [2.75, 3.05) is 0 Å². The average molecular weight is 188 g/mol. The summed E-state index contributed by atoms with van der Waals surface area (Å²) in [7, 11) is 0. The Bertz CT molecular complexity index is 180. The Morgan fingerprint density at radius 3 is 2.46 bits per heavy atom. The molecule has 0 bridgehead atoms. The molecule has 0 aliphatic carbocycles. The van der Waals surface area contributed by atoms with Gasteiger partial charge in [0.1, 0.15) is 11.6 Å². The topological polar surface area (TPSA) is 57.1 Å². The third-order valence-corrected chi connectivity index (χ3v) is 2.96. The second-order valence-corrected chi connectivity index (χ2v) is 4.93. The van der Waals surface area contributed by atoms with Crippen LogP contribution < -0.4 is 5.73 Å². The summed E-state index contributed by atoms with van der Waals surface area (Å²) < 4.78 is 5.71. The van der Waals surface area contributed by atoms with Crippen LogP contribution in [0.2, 0.25) is 0 Å². The average Bonchev–Trinajstić information content (AvgIpc) is 1.99. The van der Waals surface area contributed by atoms with Crippen molar-refractivity contribution < 1.29 is 15.6 Å². The molecule has 3 nitrogen and oxygen atoms in total. The third-order valence-electron chi connectivity index (χ3n) is 2.96. The Morgan fingerprint density at radius 1 is 1.54 bits per heavy atom. The molecule has 13 heavy (non-hydrogen) atoms. The lowest BCUT2D eigenvalue weighted by atomic mass is 9.81. The quantitative estimate of drug-likeness (QED) is 0.617. The van der Waals surface area contributed by atoms with E-state index in [2.05, 4.69) is 19.6 Å². The molecule has 1 aliphatic rings. The first-order chi connectivity index (χ1) is 5.84. The Hall–Kier alpha value is -0.120. The molecule has 0 amide bonds. The van der Waals surface area contributed by atoms with Gasteiger partial charge >= 0.3 is 0 Å². The number of aliphatic hydroxyl groups excluding tert-OH is 1. The van der Waals surface area contributed by atoms with Gasteiger partial charge in [-0.1, -0.05) is 13.8 Å². The van der Waals surface area contributed by atoms with Gasteiger partial charge in [-0.25, -0.2) is 0 Å². The number of hydrogen-bond donors (Lipinski definition) is 2. The molecule has 1 heterocycles. The van der Waals surface area contributed by atoms with Gasteiger partial charge in [0.15, 0.2) is 0 Å². The van der Waals surface area contributed by atoms with E-state index in [4.69, 9.17) is 4.74 Å². The highest BCUT2D eigenvalue weighted by molar-refractivity contribution is 4.92. The zero-order valence-corrected chi connectivity index (χ0v) is 9.08. The van der Waals surface area contributed by atoms with Crippen LogP contribution in [0, 0.1) is 5.92 Å². The van der Waals surface area contributed by atoms with Crippen molar-refractivity contribution in [3.8, 4) is 0 Å². The molecule has 1 aliphatic heterocycles. The SMILES string of the molecule is CC(C)C1CC(C)([NH3+])C(O)C(C)O1. The second-order valence-electron chi connectivity index (χ2n) is 4.93. The molecular weight excluding hydrogens is 166 g/mol. The highest BCUT2D eigenvalue weighted by Crippen LogP contribution is 2.29. The molecule has 0 saturated carbocycles. The van der Waals surface area contributed by atoms with E-state index >= 15 is 0 Å². The highest BCUT2D eigenvalue weighted by Gasteiger charge is 2.45. The van der Waals surface area contributed by atoms with Crippen LogP contribution in [-0.4, -0.2) is 29.0 Å². The zero-order chi connectivity index (χ0) is 10.2. The van der Waals surface area contributed by atoms with Crippen LogP contribution in [0.4, 0.5) is 0 Å². The summed E-state index contributed by atoms with van der Waals surface area (Å²) in [5.74, 6) is 0.496. The molecule has 78 valence electrons. The lowest BCUT2D eigenvalue weighted by Crippen LogP contribution is -2.80. The van der Waals surface area contributed by atoms with Crippen molar-refractivity contribution in [1.29, 1.82) is 0 Å². The first kappa shape index (κ1) is 11.0. The van der Waals surface area contributed by atoms with E-state index in [-0.39, 0.29) is 17.7 Å². The van der Waals surface area contributed by atoms with Crippen molar-refractivity contribution in [3.63, 3.8) is 0 Å². The molecule has 0 spiro atoms. The van der Waals surface area contributed by atoms with Gasteiger partial charge in [-0.05, 0) is 19.8 Å². The predicted molar refractivity (Wildman–Crippen MR) is 51.1 cm³/mol. The Morgan fingerprint density at radius 2 is 2.08 bits per heavy atom. The van der Waals surface area contributed by atoms with E-state index in [9.17, 15) is 5.11 Å². The van der Waals surface area contributed by atoms with Crippen molar-refractivity contribution in [1.82, 2.24) is 0 Å². The molecule has 1 rings (SSSR count). The van der Waals surface area contributed by atoms with Crippen LogP contribution in [0.25, 0.3) is 0 Å². The fourth-order valence-electron chi connectivity index (χ4n) is 1.94. The van der Waals surface area contributed by atoms with Crippen molar-refractivity contribution >= 4 is 0 Å². The minimum atomic E-state index is -0.442. The number of hydrogen-bond acceptors (Lipinski definition) is 2. The molecule has 1 fully saturated rings. The van der Waals surface area contributed by atoms with Crippen molar-refractivity contribution in [2.45, 2.75) is 58.0 Å². The maximum atomic E-state index is 9.82. The molecule has 0 radical (unpaired) electrons. The normalized spacial score (nSPS) is 46.8. The van der Waals surface area contributed by atoms with Gasteiger partial charge < -0.3 is 15.6 Å². The molecular formula is C10H22NO2+. The summed E-state index contributed by atoms with van der Waals surface area (Å²) in [5, 5.41) is 9.82.